The summed E-state index contributed by atoms with van der Waals surface area (Å²) in [5.41, 5.74) is 0.829. The van der Waals surface area contributed by atoms with Crippen LogP contribution in [0.3, 0.4) is 0 Å². The highest BCUT2D eigenvalue weighted by Crippen LogP contribution is 2.65. The molecule has 0 heterocycles. The van der Waals surface area contributed by atoms with Crippen molar-refractivity contribution < 1.29 is 10.2 Å². The van der Waals surface area contributed by atoms with E-state index >= 15 is 0 Å². The summed E-state index contributed by atoms with van der Waals surface area (Å²) in [6.45, 7) is 12.9. The zero-order valence-corrected chi connectivity index (χ0v) is 19.3. The SMILES string of the molecule is C=CC1(O)CCC2C(=CCC3C2CCC2(C)C(C(C)CCC(C)(C)O)CCC32)C1. The van der Waals surface area contributed by atoms with Gasteiger partial charge >= 0.3 is 0 Å². The lowest BCUT2D eigenvalue weighted by atomic mass is 9.50. The third-order valence-electron chi connectivity index (χ3n) is 9.89. The Bertz CT molecular complexity index is 658. The molecule has 4 rings (SSSR count). The quantitative estimate of drug-likeness (QED) is 0.533. The Labute approximate surface area is 178 Å². The lowest BCUT2D eigenvalue weighted by molar-refractivity contribution is -0.0377. The van der Waals surface area contributed by atoms with Crippen LogP contribution in [0.2, 0.25) is 0 Å². The first-order valence-corrected chi connectivity index (χ1v) is 12.3. The van der Waals surface area contributed by atoms with E-state index in [-0.39, 0.29) is 0 Å². The predicted octanol–water partition coefficient (Wildman–Crippen LogP) is 6.28. The van der Waals surface area contributed by atoms with Gasteiger partial charge in [0, 0.05) is 6.42 Å². The van der Waals surface area contributed by atoms with E-state index in [1.807, 2.05) is 13.8 Å². The summed E-state index contributed by atoms with van der Waals surface area (Å²) in [4.78, 5) is 0. The minimum absolute atomic E-state index is 0.488. The Morgan fingerprint density at radius 2 is 1.97 bits per heavy atom. The summed E-state index contributed by atoms with van der Waals surface area (Å²) < 4.78 is 0. The number of hydrogen-bond acceptors (Lipinski definition) is 2. The van der Waals surface area contributed by atoms with Gasteiger partial charge in [-0.2, -0.15) is 0 Å². The molecule has 0 aromatic heterocycles. The van der Waals surface area contributed by atoms with Gasteiger partial charge in [-0.15, -0.1) is 6.58 Å². The van der Waals surface area contributed by atoms with Crippen LogP contribution in [0.25, 0.3) is 0 Å². The van der Waals surface area contributed by atoms with Crippen molar-refractivity contribution in [1.29, 1.82) is 0 Å². The van der Waals surface area contributed by atoms with Crippen molar-refractivity contribution >= 4 is 0 Å². The molecule has 0 saturated heterocycles. The number of hydrogen-bond donors (Lipinski definition) is 2. The maximum atomic E-state index is 10.7. The standard InChI is InChI=1S/C27H44O2/c1-6-27(29)16-13-20-19(17-27)7-8-22-21(20)12-15-26(5)23(9-10-24(22)26)18(2)11-14-25(3,4)28/h6-7,18,20-24,28-29H,1,8-17H2,2-5H3. The van der Waals surface area contributed by atoms with Crippen molar-refractivity contribution in [2.45, 2.75) is 103 Å². The number of rotatable bonds is 5. The second kappa shape index (κ2) is 7.52. The molecule has 2 N–H and O–H groups in total. The van der Waals surface area contributed by atoms with E-state index < -0.39 is 11.2 Å². The second-order valence-corrected chi connectivity index (χ2v) is 12.1. The van der Waals surface area contributed by atoms with Gasteiger partial charge in [0.1, 0.15) is 0 Å². The Morgan fingerprint density at radius 3 is 2.66 bits per heavy atom. The van der Waals surface area contributed by atoms with Crippen molar-refractivity contribution in [3.05, 3.63) is 24.3 Å². The lowest BCUT2D eigenvalue weighted by Gasteiger charge is -2.55. The van der Waals surface area contributed by atoms with Gasteiger partial charge in [-0.05, 0) is 113 Å². The summed E-state index contributed by atoms with van der Waals surface area (Å²) in [6, 6.07) is 0. The molecule has 2 nitrogen and oxygen atoms in total. The predicted molar refractivity (Wildman–Crippen MR) is 120 cm³/mol. The molecule has 0 spiro atoms. The Balaban J connectivity index is 1.49. The minimum Gasteiger partial charge on any atom is -0.390 e. The molecule has 0 radical (unpaired) electrons. The summed E-state index contributed by atoms with van der Waals surface area (Å²) in [5, 5.41) is 20.9. The number of fused-ring (bicyclic) bond motifs is 5. The Morgan fingerprint density at radius 1 is 1.21 bits per heavy atom. The Kier molecular flexibility index (Phi) is 5.61. The van der Waals surface area contributed by atoms with Crippen molar-refractivity contribution in [2.75, 3.05) is 0 Å². The fraction of sp³-hybridized carbons (Fsp3) is 0.852. The van der Waals surface area contributed by atoms with E-state index in [0.29, 0.717) is 17.3 Å². The van der Waals surface area contributed by atoms with Gasteiger partial charge in [0.05, 0.1) is 11.2 Å². The topological polar surface area (TPSA) is 40.5 Å². The molecule has 8 atom stereocenters. The zero-order chi connectivity index (χ0) is 21.0. The highest BCUT2D eigenvalue weighted by molar-refractivity contribution is 5.24. The highest BCUT2D eigenvalue weighted by Gasteiger charge is 2.57. The van der Waals surface area contributed by atoms with E-state index in [9.17, 15) is 10.2 Å². The van der Waals surface area contributed by atoms with Crippen LogP contribution in [0, 0.1) is 40.9 Å². The van der Waals surface area contributed by atoms with Crippen molar-refractivity contribution in [3.63, 3.8) is 0 Å². The fourth-order valence-electron chi connectivity index (χ4n) is 8.25. The Hall–Kier alpha value is -0.600. The van der Waals surface area contributed by atoms with Crippen molar-refractivity contribution in [2.24, 2.45) is 40.9 Å². The first-order chi connectivity index (χ1) is 13.6. The highest BCUT2D eigenvalue weighted by atomic mass is 16.3. The van der Waals surface area contributed by atoms with E-state index in [1.165, 1.54) is 37.7 Å². The van der Waals surface area contributed by atoms with Gasteiger partial charge in [-0.1, -0.05) is 31.6 Å². The molecular formula is C27H44O2. The van der Waals surface area contributed by atoms with Gasteiger partial charge in [-0.3, -0.25) is 0 Å². The molecule has 0 aromatic carbocycles. The molecule has 0 aromatic rings. The normalized spacial score (nSPS) is 45.6. The largest absolute Gasteiger partial charge is 0.390 e. The smallest absolute Gasteiger partial charge is 0.0862 e. The zero-order valence-electron chi connectivity index (χ0n) is 19.3. The monoisotopic (exact) mass is 400 g/mol. The molecule has 164 valence electrons. The van der Waals surface area contributed by atoms with Gasteiger partial charge < -0.3 is 10.2 Å². The third kappa shape index (κ3) is 3.89. The second-order valence-electron chi connectivity index (χ2n) is 12.1. The molecule has 8 unspecified atom stereocenters. The summed E-state index contributed by atoms with van der Waals surface area (Å²) in [5.74, 6) is 4.80. The molecule has 4 aliphatic rings. The molecule has 0 amide bonds. The summed E-state index contributed by atoms with van der Waals surface area (Å²) in [6.07, 6.45) is 16.0. The van der Waals surface area contributed by atoms with E-state index in [1.54, 1.807) is 6.08 Å². The van der Waals surface area contributed by atoms with Crippen LogP contribution >= 0.6 is 0 Å². The minimum atomic E-state index is -0.660. The maximum Gasteiger partial charge on any atom is 0.0862 e. The molecule has 3 fully saturated rings. The number of aliphatic hydroxyl groups is 2. The molecule has 0 aliphatic heterocycles. The maximum absolute atomic E-state index is 10.7. The van der Waals surface area contributed by atoms with Crippen LogP contribution in [-0.2, 0) is 0 Å². The van der Waals surface area contributed by atoms with Crippen LogP contribution in [-0.4, -0.2) is 21.4 Å². The van der Waals surface area contributed by atoms with Crippen LogP contribution in [0.4, 0.5) is 0 Å². The average molecular weight is 401 g/mol. The third-order valence-corrected chi connectivity index (χ3v) is 9.89. The molecule has 4 aliphatic carbocycles. The van der Waals surface area contributed by atoms with Gasteiger partial charge in [0.15, 0.2) is 0 Å². The van der Waals surface area contributed by atoms with Crippen LogP contribution in [0.5, 0.6) is 0 Å². The van der Waals surface area contributed by atoms with E-state index in [0.717, 1.165) is 55.8 Å². The van der Waals surface area contributed by atoms with Gasteiger partial charge in [0.25, 0.3) is 0 Å². The van der Waals surface area contributed by atoms with Gasteiger partial charge in [-0.25, -0.2) is 0 Å². The lowest BCUT2D eigenvalue weighted by Crippen LogP contribution is -2.48. The van der Waals surface area contributed by atoms with Crippen molar-refractivity contribution in [1.82, 2.24) is 0 Å². The molecule has 0 bridgehead atoms. The first-order valence-electron chi connectivity index (χ1n) is 12.3. The van der Waals surface area contributed by atoms with Crippen molar-refractivity contribution in [3.8, 4) is 0 Å². The van der Waals surface area contributed by atoms with Crippen LogP contribution in [0.1, 0.15) is 91.9 Å². The summed E-state index contributed by atoms with van der Waals surface area (Å²) >= 11 is 0. The summed E-state index contributed by atoms with van der Waals surface area (Å²) in [7, 11) is 0. The molecular weight excluding hydrogens is 356 g/mol. The molecule has 29 heavy (non-hydrogen) atoms. The molecule has 3 saturated carbocycles. The van der Waals surface area contributed by atoms with Crippen LogP contribution < -0.4 is 0 Å². The first kappa shape index (κ1) is 21.6. The molecule has 2 heteroatoms. The van der Waals surface area contributed by atoms with Crippen LogP contribution in [0.15, 0.2) is 24.3 Å². The van der Waals surface area contributed by atoms with E-state index in [4.69, 9.17) is 0 Å². The fourth-order valence-corrected chi connectivity index (χ4v) is 8.25. The number of allylic oxidation sites excluding steroid dienone is 1. The van der Waals surface area contributed by atoms with E-state index in [2.05, 4.69) is 26.5 Å². The average Bonchev–Trinajstić information content (AvgIpc) is 3.02. The van der Waals surface area contributed by atoms with Gasteiger partial charge in [0.2, 0.25) is 0 Å².